The zero-order valence-electron chi connectivity index (χ0n) is 11.8. The summed E-state index contributed by atoms with van der Waals surface area (Å²) >= 11 is 5.97. The van der Waals surface area contributed by atoms with Gasteiger partial charge in [0, 0.05) is 12.6 Å². The summed E-state index contributed by atoms with van der Waals surface area (Å²) in [6.45, 7) is 6.85. The van der Waals surface area contributed by atoms with Crippen molar-refractivity contribution in [2.24, 2.45) is 0 Å². The van der Waals surface area contributed by atoms with Gasteiger partial charge in [0.05, 0.1) is 6.10 Å². The summed E-state index contributed by atoms with van der Waals surface area (Å²) in [4.78, 5) is 14.8. The van der Waals surface area contributed by atoms with Gasteiger partial charge in [-0.25, -0.2) is 0 Å². The van der Waals surface area contributed by atoms with Gasteiger partial charge in [0.1, 0.15) is 0 Å². The lowest BCUT2D eigenvalue weighted by molar-refractivity contribution is 0.221. The van der Waals surface area contributed by atoms with Crippen molar-refractivity contribution in [1.29, 1.82) is 0 Å². The molecule has 0 spiro atoms. The summed E-state index contributed by atoms with van der Waals surface area (Å²) in [7, 11) is 0. The molecule has 1 aromatic heterocycles. The average molecular weight is 285 g/mol. The molecule has 2 rings (SSSR count). The van der Waals surface area contributed by atoms with Crippen molar-refractivity contribution in [3.8, 4) is 6.01 Å². The van der Waals surface area contributed by atoms with Gasteiger partial charge in [-0.05, 0) is 45.2 Å². The van der Waals surface area contributed by atoms with E-state index < -0.39 is 0 Å². The van der Waals surface area contributed by atoms with E-state index in [9.17, 15) is 0 Å². The normalized spacial score (nSPS) is 16.1. The lowest BCUT2D eigenvalue weighted by Gasteiger charge is -2.27. The SMILES string of the molecule is CCN(c1nc(Cl)nc(OC(C)C)n1)C1CCCC1. The molecule has 1 heterocycles. The number of hydrogen-bond acceptors (Lipinski definition) is 5. The Morgan fingerprint density at radius 2 is 1.95 bits per heavy atom. The highest BCUT2D eigenvalue weighted by atomic mass is 35.5. The molecule has 1 saturated carbocycles. The molecular weight excluding hydrogens is 264 g/mol. The van der Waals surface area contributed by atoms with Crippen LogP contribution in [0.25, 0.3) is 0 Å². The van der Waals surface area contributed by atoms with Crippen molar-refractivity contribution in [3.05, 3.63) is 5.28 Å². The second-order valence-electron chi connectivity index (χ2n) is 5.08. The van der Waals surface area contributed by atoms with E-state index in [-0.39, 0.29) is 11.4 Å². The van der Waals surface area contributed by atoms with E-state index in [1.54, 1.807) is 0 Å². The molecule has 0 amide bonds. The van der Waals surface area contributed by atoms with E-state index in [0.29, 0.717) is 18.0 Å². The van der Waals surface area contributed by atoms with E-state index >= 15 is 0 Å². The highest BCUT2D eigenvalue weighted by Crippen LogP contribution is 2.27. The molecule has 1 aliphatic carbocycles. The number of nitrogens with zero attached hydrogens (tertiary/aromatic N) is 4. The zero-order valence-corrected chi connectivity index (χ0v) is 12.5. The minimum atomic E-state index is 0.0212. The van der Waals surface area contributed by atoms with E-state index in [2.05, 4.69) is 26.8 Å². The fourth-order valence-electron chi connectivity index (χ4n) is 2.49. The fourth-order valence-corrected chi connectivity index (χ4v) is 2.64. The Bertz CT molecular complexity index is 421. The molecule has 0 bridgehead atoms. The molecule has 0 saturated heterocycles. The largest absolute Gasteiger partial charge is 0.461 e. The summed E-state index contributed by atoms with van der Waals surface area (Å²) in [6.07, 6.45) is 4.95. The minimum absolute atomic E-state index is 0.0212. The molecule has 0 atom stereocenters. The van der Waals surface area contributed by atoms with Crippen LogP contribution in [0.15, 0.2) is 0 Å². The van der Waals surface area contributed by atoms with E-state index in [1.807, 2.05) is 13.8 Å². The van der Waals surface area contributed by atoms with Crippen LogP contribution in [0.1, 0.15) is 46.5 Å². The highest BCUT2D eigenvalue weighted by molar-refractivity contribution is 6.28. The van der Waals surface area contributed by atoms with Crippen LogP contribution in [0, 0.1) is 0 Å². The molecule has 0 unspecified atom stereocenters. The van der Waals surface area contributed by atoms with E-state index in [0.717, 1.165) is 6.54 Å². The minimum Gasteiger partial charge on any atom is -0.461 e. The Labute approximate surface area is 119 Å². The molecule has 0 radical (unpaired) electrons. The lowest BCUT2D eigenvalue weighted by atomic mass is 10.2. The number of rotatable bonds is 5. The van der Waals surface area contributed by atoms with Crippen molar-refractivity contribution in [2.75, 3.05) is 11.4 Å². The first kappa shape index (κ1) is 14.3. The third-order valence-electron chi connectivity index (χ3n) is 3.28. The van der Waals surface area contributed by atoms with Gasteiger partial charge in [0.15, 0.2) is 0 Å². The maximum Gasteiger partial charge on any atom is 0.322 e. The Morgan fingerprint density at radius 3 is 2.53 bits per heavy atom. The van der Waals surface area contributed by atoms with Crippen LogP contribution in [0.4, 0.5) is 5.95 Å². The number of anilines is 1. The van der Waals surface area contributed by atoms with E-state index in [1.165, 1.54) is 25.7 Å². The predicted octanol–water partition coefficient (Wildman–Crippen LogP) is 3.08. The van der Waals surface area contributed by atoms with Gasteiger partial charge in [-0.2, -0.15) is 15.0 Å². The van der Waals surface area contributed by atoms with Gasteiger partial charge in [-0.15, -0.1) is 0 Å². The number of aromatic nitrogens is 3. The van der Waals surface area contributed by atoms with Crippen LogP contribution in [0.5, 0.6) is 6.01 Å². The third kappa shape index (κ3) is 3.69. The molecule has 1 aromatic rings. The summed E-state index contributed by atoms with van der Waals surface area (Å²) in [5.41, 5.74) is 0. The Hall–Kier alpha value is -1.10. The number of ether oxygens (including phenoxy) is 1. The summed E-state index contributed by atoms with van der Waals surface area (Å²) in [5, 5.41) is 0.192. The molecule has 0 aliphatic heterocycles. The van der Waals surface area contributed by atoms with Crippen molar-refractivity contribution in [2.45, 2.75) is 58.6 Å². The van der Waals surface area contributed by atoms with E-state index in [4.69, 9.17) is 16.3 Å². The Kier molecular flexibility index (Phi) is 4.80. The van der Waals surface area contributed by atoms with Gasteiger partial charge < -0.3 is 9.64 Å². The summed E-state index contributed by atoms with van der Waals surface area (Å²) in [5.74, 6) is 0.630. The average Bonchev–Trinajstić information content (AvgIpc) is 2.82. The maximum absolute atomic E-state index is 5.97. The summed E-state index contributed by atoms with van der Waals surface area (Å²) < 4.78 is 5.52. The quantitative estimate of drug-likeness (QED) is 0.832. The van der Waals surface area contributed by atoms with Gasteiger partial charge in [-0.1, -0.05) is 12.8 Å². The van der Waals surface area contributed by atoms with Crippen molar-refractivity contribution in [3.63, 3.8) is 0 Å². The first-order chi connectivity index (χ1) is 9.10. The molecule has 0 aromatic carbocycles. The zero-order chi connectivity index (χ0) is 13.8. The van der Waals surface area contributed by atoms with Crippen molar-refractivity contribution in [1.82, 2.24) is 15.0 Å². The molecule has 6 heteroatoms. The Balaban J connectivity index is 2.23. The summed E-state index contributed by atoms with van der Waals surface area (Å²) in [6, 6.07) is 0.816. The lowest BCUT2D eigenvalue weighted by Crippen LogP contribution is -2.34. The van der Waals surface area contributed by atoms with Crippen LogP contribution < -0.4 is 9.64 Å². The molecule has 5 nitrogen and oxygen atoms in total. The predicted molar refractivity (Wildman–Crippen MR) is 75.9 cm³/mol. The van der Waals surface area contributed by atoms with Crippen molar-refractivity contribution < 1.29 is 4.74 Å². The van der Waals surface area contributed by atoms with Gasteiger partial charge >= 0.3 is 6.01 Å². The first-order valence-electron chi connectivity index (χ1n) is 6.95. The van der Waals surface area contributed by atoms with Crippen LogP contribution in [0.2, 0.25) is 5.28 Å². The second kappa shape index (κ2) is 6.37. The van der Waals surface area contributed by atoms with Crippen LogP contribution in [-0.2, 0) is 0 Å². The first-order valence-corrected chi connectivity index (χ1v) is 7.32. The second-order valence-corrected chi connectivity index (χ2v) is 5.42. The Morgan fingerprint density at radius 1 is 1.26 bits per heavy atom. The maximum atomic E-state index is 5.97. The topological polar surface area (TPSA) is 51.1 Å². The number of halogens is 1. The van der Waals surface area contributed by atoms with Crippen molar-refractivity contribution >= 4 is 17.5 Å². The molecule has 1 fully saturated rings. The third-order valence-corrected chi connectivity index (χ3v) is 3.45. The molecular formula is C13H21ClN4O. The standard InChI is InChI=1S/C13H21ClN4O/c1-4-18(10-7-5-6-8-10)12-15-11(14)16-13(17-12)19-9(2)3/h9-10H,4-8H2,1-3H3. The van der Waals surface area contributed by atoms with Gasteiger partial charge in [0.25, 0.3) is 0 Å². The number of hydrogen-bond donors (Lipinski definition) is 0. The monoisotopic (exact) mass is 284 g/mol. The highest BCUT2D eigenvalue weighted by Gasteiger charge is 2.24. The molecule has 19 heavy (non-hydrogen) atoms. The van der Waals surface area contributed by atoms with Crippen LogP contribution in [-0.4, -0.2) is 33.6 Å². The van der Waals surface area contributed by atoms with Crippen LogP contribution >= 0.6 is 11.6 Å². The van der Waals surface area contributed by atoms with Crippen LogP contribution in [0.3, 0.4) is 0 Å². The fraction of sp³-hybridized carbons (Fsp3) is 0.769. The van der Waals surface area contributed by atoms with Gasteiger partial charge in [0.2, 0.25) is 11.2 Å². The molecule has 0 N–H and O–H groups in total. The molecule has 1 aliphatic rings. The molecule has 106 valence electrons. The smallest absolute Gasteiger partial charge is 0.322 e. The van der Waals surface area contributed by atoms with Gasteiger partial charge in [-0.3, -0.25) is 0 Å².